The van der Waals surface area contributed by atoms with Gasteiger partial charge >= 0.3 is 0 Å². The molecule has 0 bridgehead atoms. The Morgan fingerprint density at radius 3 is 2.43 bits per heavy atom. The van der Waals surface area contributed by atoms with E-state index in [9.17, 15) is 8.42 Å². The monoisotopic (exact) mass is 210 g/mol. The molecule has 0 amide bonds. The summed E-state index contributed by atoms with van der Waals surface area (Å²) in [5, 5.41) is 0. The molecule has 0 N–H and O–H groups in total. The molecule has 0 unspecified atom stereocenters. The summed E-state index contributed by atoms with van der Waals surface area (Å²) in [4.78, 5) is 0. The van der Waals surface area contributed by atoms with Crippen LogP contribution < -0.4 is 0 Å². The fourth-order valence-electron chi connectivity index (χ4n) is 1.13. The van der Waals surface area contributed by atoms with E-state index in [2.05, 4.69) is 0 Å². The van der Waals surface area contributed by atoms with Crippen molar-refractivity contribution in [1.29, 1.82) is 0 Å². The van der Waals surface area contributed by atoms with Crippen molar-refractivity contribution in [3.05, 3.63) is 48.0 Å². The molecular weight excluding hydrogens is 196 g/mol. The number of rotatable bonds is 4. The van der Waals surface area contributed by atoms with Crippen LogP contribution in [0, 0.1) is 0 Å². The SMILES string of the molecule is C/C=C\CS(=O)(=O)Cc1ccccc1. The normalized spacial score (nSPS) is 12.1. The predicted octanol–water partition coefficient (Wildman–Crippen LogP) is 2.18. The van der Waals surface area contributed by atoms with Gasteiger partial charge in [0.2, 0.25) is 0 Å². The number of sulfone groups is 1. The molecule has 0 spiro atoms. The summed E-state index contributed by atoms with van der Waals surface area (Å²) in [7, 11) is -2.98. The van der Waals surface area contributed by atoms with Crippen molar-refractivity contribution in [3.63, 3.8) is 0 Å². The van der Waals surface area contributed by atoms with Crippen LogP contribution in [0.1, 0.15) is 12.5 Å². The number of benzene rings is 1. The second-order valence-electron chi connectivity index (χ2n) is 3.11. The molecule has 0 aliphatic rings. The Hall–Kier alpha value is -1.09. The molecule has 76 valence electrons. The topological polar surface area (TPSA) is 34.1 Å². The Morgan fingerprint density at radius 2 is 1.86 bits per heavy atom. The van der Waals surface area contributed by atoms with Crippen LogP contribution in [-0.4, -0.2) is 14.2 Å². The highest BCUT2D eigenvalue weighted by molar-refractivity contribution is 7.90. The number of hydrogen-bond donors (Lipinski definition) is 0. The van der Waals surface area contributed by atoms with Gasteiger partial charge in [-0.3, -0.25) is 0 Å². The van der Waals surface area contributed by atoms with Gasteiger partial charge in [-0.05, 0) is 12.5 Å². The molecule has 0 saturated carbocycles. The van der Waals surface area contributed by atoms with E-state index in [-0.39, 0.29) is 11.5 Å². The lowest BCUT2D eigenvalue weighted by Gasteiger charge is -2.00. The molecule has 0 saturated heterocycles. The number of allylic oxidation sites excluding steroid dienone is 1. The second kappa shape index (κ2) is 4.96. The minimum absolute atomic E-state index is 0.123. The van der Waals surface area contributed by atoms with E-state index in [1.54, 1.807) is 12.2 Å². The summed E-state index contributed by atoms with van der Waals surface area (Å²) in [5.74, 6) is 0.247. The van der Waals surface area contributed by atoms with Crippen LogP contribution in [0.2, 0.25) is 0 Å². The standard InChI is InChI=1S/C11H14O2S/c1-2-3-9-14(12,13)10-11-7-5-4-6-8-11/h2-8H,9-10H2,1H3/b3-2-. The first-order valence-corrected chi connectivity index (χ1v) is 6.32. The summed E-state index contributed by atoms with van der Waals surface area (Å²) in [6.45, 7) is 1.82. The maximum Gasteiger partial charge on any atom is 0.157 e. The van der Waals surface area contributed by atoms with Crippen LogP contribution in [0.5, 0.6) is 0 Å². The Balaban J connectivity index is 2.69. The fraction of sp³-hybridized carbons (Fsp3) is 0.273. The molecule has 0 aromatic heterocycles. The highest BCUT2D eigenvalue weighted by Crippen LogP contribution is 2.06. The molecule has 0 atom stereocenters. The molecule has 2 nitrogen and oxygen atoms in total. The highest BCUT2D eigenvalue weighted by atomic mass is 32.2. The highest BCUT2D eigenvalue weighted by Gasteiger charge is 2.08. The summed E-state index contributed by atoms with van der Waals surface area (Å²) in [5.41, 5.74) is 0.844. The van der Waals surface area contributed by atoms with Gasteiger partial charge < -0.3 is 0 Å². The van der Waals surface area contributed by atoms with Gasteiger partial charge in [0.25, 0.3) is 0 Å². The largest absolute Gasteiger partial charge is 0.228 e. The molecule has 0 radical (unpaired) electrons. The molecule has 3 heteroatoms. The van der Waals surface area contributed by atoms with Gasteiger partial charge in [0, 0.05) is 0 Å². The quantitative estimate of drug-likeness (QED) is 0.714. The van der Waals surface area contributed by atoms with Crippen LogP contribution in [0.4, 0.5) is 0 Å². The second-order valence-corrected chi connectivity index (χ2v) is 5.22. The van der Waals surface area contributed by atoms with E-state index in [1.807, 2.05) is 37.3 Å². The predicted molar refractivity (Wildman–Crippen MR) is 58.7 cm³/mol. The van der Waals surface area contributed by atoms with E-state index < -0.39 is 9.84 Å². The third-order valence-electron chi connectivity index (χ3n) is 1.82. The molecule has 0 aliphatic carbocycles. The van der Waals surface area contributed by atoms with Gasteiger partial charge in [-0.25, -0.2) is 8.42 Å². The minimum Gasteiger partial charge on any atom is -0.228 e. The first-order chi connectivity index (χ1) is 6.64. The van der Waals surface area contributed by atoms with Gasteiger partial charge in [0.1, 0.15) is 0 Å². The first-order valence-electron chi connectivity index (χ1n) is 4.49. The summed E-state index contributed by atoms with van der Waals surface area (Å²) >= 11 is 0. The zero-order valence-corrected chi connectivity index (χ0v) is 9.00. The van der Waals surface area contributed by atoms with Gasteiger partial charge in [-0.1, -0.05) is 42.5 Å². The van der Waals surface area contributed by atoms with Gasteiger partial charge in [0.15, 0.2) is 9.84 Å². The van der Waals surface area contributed by atoms with Crippen LogP contribution >= 0.6 is 0 Å². The first kappa shape index (κ1) is 11.0. The lowest BCUT2D eigenvalue weighted by molar-refractivity contribution is 0.598. The molecule has 0 heterocycles. The van der Waals surface area contributed by atoms with Crippen molar-refractivity contribution in [2.24, 2.45) is 0 Å². The lowest BCUT2D eigenvalue weighted by Crippen LogP contribution is -2.07. The van der Waals surface area contributed by atoms with E-state index in [1.165, 1.54) is 0 Å². The Morgan fingerprint density at radius 1 is 1.21 bits per heavy atom. The van der Waals surface area contributed by atoms with E-state index in [0.29, 0.717) is 0 Å². The smallest absolute Gasteiger partial charge is 0.157 e. The van der Waals surface area contributed by atoms with Crippen LogP contribution in [-0.2, 0) is 15.6 Å². The van der Waals surface area contributed by atoms with Crippen LogP contribution in [0.25, 0.3) is 0 Å². The van der Waals surface area contributed by atoms with Crippen LogP contribution in [0.3, 0.4) is 0 Å². The maximum atomic E-state index is 11.5. The third kappa shape index (κ3) is 3.75. The van der Waals surface area contributed by atoms with E-state index >= 15 is 0 Å². The van der Waals surface area contributed by atoms with Crippen LogP contribution in [0.15, 0.2) is 42.5 Å². The Labute approximate surface area is 85.2 Å². The van der Waals surface area contributed by atoms with Crippen molar-refractivity contribution in [3.8, 4) is 0 Å². The lowest BCUT2D eigenvalue weighted by atomic mass is 10.2. The van der Waals surface area contributed by atoms with Gasteiger partial charge in [-0.15, -0.1) is 0 Å². The molecule has 1 aromatic rings. The summed E-state index contributed by atoms with van der Waals surface area (Å²) < 4.78 is 23.0. The summed E-state index contributed by atoms with van der Waals surface area (Å²) in [6.07, 6.45) is 3.42. The van der Waals surface area contributed by atoms with Gasteiger partial charge in [0.05, 0.1) is 11.5 Å². The molecule has 0 aliphatic heterocycles. The van der Waals surface area contributed by atoms with Crippen molar-refractivity contribution >= 4 is 9.84 Å². The zero-order valence-electron chi connectivity index (χ0n) is 8.18. The van der Waals surface area contributed by atoms with E-state index in [0.717, 1.165) is 5.56 Å². The third-order valence-corrected chi connectivity index (χ3v) is 3.29. The van der Waals surface area contributed by atoms with Crippen molar-refractivity contribution in [2.75, 3.05) is 5.75 Å². The zero-order chi connectivity index (χ0) is 10.4. The number of hydrogen-bond acceptors (Lipinski definition) is 2. The maximum absolute atomic E-state index is 11.5. The minimum atomic E-state index is -2.98. The van der Waals surface area contributed by atoms with E-state index in [4.69, 9.17) is 0 Å². The Kier molecular flexibility index (Phi) is 3.89. The molecule has 1 aromatic carbocycles. The van der Waals surface area contributed by atoms with Gasteiger partial charge in [-0.2, -0.15) is 0 Å². The van der Waals surface area contributed by atoms with Crippen molar-refractivity contribution in [1.82, 2.24) is 0 Å². The molecule has 14 heavy (non-hydrogen) atoms. The molecule has 0 fully saturated rings. The van der Waals surface area contributed by atoms with Crippen molar-refractivity contribution in [2.45, 2.75) is 12.7 Å². The Bertz CT molecular complexity index is 391. The molecular formula is C11H14O2S. The fourth-order valence-corrected chi connectivity index (χ4v) is 2.43. The summed E-state index contributed by atoms with van der Waals surface area (Å²) in [6, 6.07) is 9.23. The van der Waals surface area contributed by atoms with Crippen molar-refractivity contribution < 1.29 is 8.42 Å². The average molecular weight is 210 g/mol. The molecule has 1 rings (SSSR count). The average Bonchev–Trinajstić information content (AvgIpc) is 2.16.